The van der Waals surface area contributed by atoms with Crippen molar-refractivity contribution in [1.29, 1.82) is 0 Å². The van der Waals surface area contributed by atoms with Crippen LogP contribution in [0.25, 0.3) is 11.2 Å². The van der Waals surface area contributed by atoms with Crippen LogP contribution in [0.4, 0.5) is 5.95 Å². The first-order chi connectivity index (χ1) is 14.4. The second-order valence-electron chi connectivity index (χ2n) is 7.28. The number of nitrogens with one attached hydrogen (secondary N) is 2. The molecule has 30 heavy (non-hydrogen) atoms. The molecule has 0 fully saturated rings. The van der Waals surface area contributed by atoms with Crippen molar-refractivity contribution in [2.75, 3.05) is 5.43 Å². The molecule has 0 atom stereocenters. The maximum Gasteiger partial charge on any atom is 0.329 e. The summed E-state index contributed by atoms with van der Waals surface area (Å²) in [6.07, 6.45) is 1.68. The topological polar surface area (TPSA) is 97.1 Å². The molecule has 0 bridgehead atoms. The Morgan fingerprint density at radius 2 is 1.67 bits per heavy atom. The fourth-order valence-corrected chi connectivity index (χ4v) is 3.17. The molecule has 152 valence electrons. The van der Waals surface area contributed by atoms with Crippen LogP contribution in [0, 0.1) is 13.8 Å². The lowest BCUT2D eigenvalue weighted by molar-refractivity contribution is 0.808. The maximum absolute atomic E-state index is 12.6. The van der Waals surface area contributed by atoms with Gasteiger partial charge in [-0.15, -0.1) is 0 Å². The molecule has 8 heteroatoms. The summed E-state index contributed by atoms with van der Waals surface area (Å²) in [4.78, 5) is 31.4. The molecular formula is C22H22N6O2. The van der Waals surface area contributed by atoms with Crippen LogP contribution < -0.4 is 16.7 Å². The average molecular weight is 402 g/mol. The number of aryl methyl sites for hydroxylation is 3. The molecule has 2 N–H and O–H groups in total. The number of aromatic amines is 1. The zero-order valence-corrected chi connectivity index (χ0v) is 17.0. The van der Waals surface area contributed by atoms with E-state index in [1.165, 1.54) is 10.1 Å². The number of aromatic nitrogens is 4. The summed E-state index contributed by atoms with van der Waals surface area (Å²) in [6.45, 7) is 4.44. The minimum absolute atomic E-state index is 0.295. The van der Waals surface area contributed by atoms with Gasteiger partial charge in [0.05, 0.1) is 12.8 Å². The summed E-state index contributed by atoms with van der Waals surface area (Å²) in [7, 11) is 1.57. The van der Waals surface area contributed by atoms with Gasteiger partial charge in [0.25, 0.3) is 5.56 Å². The van der Waals surface area contributed by atoms with Crippen molar-refractivity contribution in [3.05, 3.63) is 91.6 Å². The van der Waals surface area contributed by atoms with Gasteiger partial charge in [0.2, 0.25) is 5.95 Å². The maximum atomic E-state index is 12.6. The van der Waals surface area contributed by atoms with Crippen LogP contribution in [0.3, 0.4) is 0 Å². The number of fused-ring (bicyclic) bond motifs is 1. The number of rotatable bonds is 5. The molecule has 0 unspecified atom stereocenters. The molecule has 0 aliphatic heterocycles. The highest BCUT2D eigenvalue weighted by atomic mass is 16.2. The first kappa shape index (κ1) is 19.4. The molecule has 0 amide bonds. The molecule has 2 heterocycles. The number of hydrogen-bond donors (Lipinski definition) is 2. The summed E-state index contributed by atoms with van der Waals surface area (Å²) in [5.74, 6) is 0.376. The molecule has 4 aromatic rings. The summed E-state index contributed by atoms with van der Waals surface area (Å²) in [5.41, 5.74) is 6.78. The van der Waals surface area contributed by atoms with E-state index in [1.54, 1.807) is 17.8 Å². The number of nitrogens with zero attached hydrogens (tertiary/aromatic N) is 4. The largest absolute Gasteiger partial charge is 0.329 e. The Morgan fingerprint density at radius 1 is 1.03 bits per heavy atom. The summed E-state index contributed by atoms with van der Waals surface area (Å²) in [6, 6.07) is 15.9. The van der Waals surface area contributed by atoms with Gasteiger partial charge in [0, 0.05) is 7.05 Å². The standard InChI is InChI=1S/C22H22N6O2/c1-14-4-8-16(9-5-14)12-23-26-21-24-19-18(20(29)25-22(30)27(19)3)28(21)13-17-10-6-15(2)7-11-17/h4-12H,13H2,1-3H3,(H,24,26)(H,25,29,30). The van der Waals surface area contributed by atoms with E-state index in [9.17, 15) is 9.59 Å². The van der Waals surface area contributed by atoms with Crippen molar-refractivity contribution in [1.82, 2.24) is 19.1 Å². The Bertz CT molecular complexity index is 1340. The van der Waals surface area contributed by atoms with Crippen molar-refractivity contribution in [2.45, 2.75) is 20.4 Å². The minimum atomic E-state index is -0.512. The van der Waals surface area contributed by atoms with E-state index < -0.39 is 11.2 Å². The van der Waals surface area contributed by atoms with Gasteiger partial charge in [-0.2, -0.15) is 10.1 Å². The average Bonchev–Trinajstić information content (AvgIpc) is 3.08. The van der Waals surface area contributed by atoms with Crippen LogP contribution in [0.2, 0.25) is 0 Å². The van der Waals surface area contributed by atoms with Crippen LogP contribution in [-0.4, -0.2) is 25.3 Å². The van der Waals surface area contributed by atoms with Gasteiger partial charge in [0.15, 0.2) is 11.2 Å². The van der Waals surface area contributed by atoms with Crippen LogP contribution in [0.15, 0.2) is 63.2 Å². The number of hydrogen-bond acceptors (Lipinski definition) is 5. The van der Waals surface area contributed by atoms with Crippen LogP contribution in [0.5, 0.6) is 0 Å². The zero-order chi connectivity index (χ0) is 21.3. The minimum Gasteiger partial charge on any atom is -0.298 e. The quantitative estimate of drug-likeness (QED) is 0.396. The number of imidazole rings is 1. The van der Waals surface area contributed by atoms with E-state index in [1.807, 2.05) is 62.4 Å². The van der Waals surface area contributed by atoms with E-state index in [0.717, 1.165) is 16.7 Å². The molecule has 0 aliphatic carbocycles. The predicted octanol–water partition coefficient (Wildman–Crippen LogP) is 2.53. The van der Waals surface area contributed by atoms with Crippen LogP contribution in [0.1, 0.15) is 22.3 Å². The molecule has 0 radical (unpaired) electrons. The first-order valence-electron chi connectivity index (χ1n) is 9.53. The summed E-state index contributed by atoms with van der Waals surface area (Å²) < 4.78 is 3.04. The van der Waals surface area contributed by atoms with Crippen molar-refractivity contribution >= 4 is 23.3 Å². The SMILES string of the molecule is Cc1ccc(C=NNc2nc3c(c(=O)[nH]c(=O)n3C)n2Cc2ccc(C)cc2)cc1. The predicted molar refractivity (Wildman–Crippen MR) is 118 cm³/mol. The van der Waals surface area contributed by atoms with Crippen LogP contribution in [-0.2, 0) is 13.6 Å². The number of H-pyrrole nitrogens is 1. The Morgan fingerprint density at radius 3 is 2.33 bits per heavy atom. The Labute approximate surface area is 172 Å². The molecule has 0 spiro atoms. The van der Waals surface area contributed by atoms with Crippen molar-refractivity contribution in [2.24, 2.45) is 12.1 Å². The Hall–Kier alpha value is -3.94. The lowest BCUT2D eigenvalue weighted by Crippen LogP contribution is -2.29. The fourth-order valence-electron chi connectivity index (χ4n) is 3.17. The molecule has 8 nitrogen and oxygen atoms in total. The van der Waals surface area contributed by atoms with Gasteiger partial charge in [-0.05, 0) is 25.0 Å². The summed E-state index contributed by atoms with van der Waals surface area (Å²) in [5, 5.41) is 4.28. The molecule has 2 aromatic heterocycles. The van der Waals surface area contributed by atoms with Crippen LogP contribution >= 0.6 is 0 Å². The second-order valence-corrected chi connectivity index (χ2v) is 7.28. The Balaban J connectivity index is 1.77. The zero-order valence-electron chi connectivity index (χ0n) is 17.0. The van der Waals surface area contributed by atoms with E-state index in [0.29, 0.717) is 23.7 Å². The van der Waals surface area contributed by atoms with Gasteiger partial charge in [0.1, 0.15) is 0 Å². The van der Waals surface area contributed by atoms with E-state index in [-0.39, 0.29) is 0 Å². The monoisotopic (exact) mass is 402 g/mol. The van der Waals surface area contributed by atoms with Gasteiger partial charge >= 0.3 is 5.69 Å². The van der Waals surface area contributed by atoms with Crippen molar-refractivity contribution in [3.8, 4) is 0 Å². The third-order valence-electron chi connectivity index (χ3n) is 4.92. The van der Waals surface area contributed by atoms with Gasteiger partial charge in [-0.1, -0.05) is 59.7 Å². The van der Waals surface area contributed by atoms with Crippen molar-refractivity contribution in [3.63, 3.8) is 0 Å². The third-order valence-corrected chi connectivity index (χ3v) is 4.92. The molecule has 2 aromatic carbocycles. The Kier molecular flexibility index (Phi) is 5.05. The van der Waals surface area contributed by atoms with Gasteiger partial charge in [-0.25, -0.2) is 10.2 Å². The lowest BCUT2D eigenvalue weighted by atomic mass is 10.1. The number of benzene rings is 2. The normalized spacial score (nSPS) is 11.4. The smallest absolute Gasteiger partial charge is 0.298 e. The van der Waals surface area contributed by atoms with E-state index in [2.05, 4.69) is 20.5 Å². The second kappa shape index (κ2) is 7.82. The molecule has 4 rings (SSSR count). The van der Waals surface area contributed by atoms with E-state index >= 15 is 0 Å². The highest BCUT2D eigenvalue weighted by Crippen LogP contribution is 2.18. The number of anilines is 1. The summed E-state index contributed by atoms with van der Waals surface area (Å²) >= 11 is 0. The molecule has 0 saturated heterocycles. The van der Waals surface area contributed by atoms with Gasteiger partial charge in [-0.3, -0.25) is 18.9 Å². The highest BCUT2D eigenvalue weighted by Gasteiger charge is 2.17. The van der Waals surface area contributed by atoms with E-state index in [4.69, 9.17) is 0 Å². The van der Waals surface area contributed by atoms with Crippen molar-refractivity contribution < 1.29 is 0 Å². The molecule has 0 saturated carbocycles. The van der Waals surface area contributed by atoms with Gasteiger partial charge < -0.3 is 0 Å². The lowest BCUT2D eigenvalue weighted by Gasteiger charge is -2.08. The number of hydrazone groups is 1. The third kappa shape index (κ3) is 3.80. The first-order valence-corrected chi connectivity index (χ1v) is 9.53. The molecular weight excluding hydrogens is 380 g/mol. The molecule has 0 aliphatic rings. The fraction of sp³-hybridized carbons (Fsp3) is 0.182. The highest BCUT2D eigenvalue weighted by molar-refractivity contribution is 5.80.